The number of benzene rings is 2. The molecule has 2 aromatic carbocycles. The van der Waals surface area contributed by atoms with E-state index in [0.717, 1.165) is 16.9 Å². The number of rotatable bonds is 5. The van der Waals surface area contributed by atoms with Gasteiger partial charge in [0.2, 0.25) is 0 Å². The predicted octanol–water partition coefficient (Wildman–Crippen LogP) is 3.99. The fourth-order valence-electron chi connectivity index (χ4n) is 2.13. The maximum Gasteiger partial charge on any atom is 0.127 e. The molecule has 2 nitrogen and oxygen atoms in total. The third-order valence-electron chi connectivity index (χ3n) is 3.39. The summed E-state index contributed by atoms with van der Waals surface area (Å²) in [7, 11) is 1.65. The molecule has 20 heavy (non-hydrogen) atoms. The zero-order valence-corrected chi connectivity index (χ0v) is 12.1. The zero-order valence-electron chi connectivity index (χ0n) is 12.1. The molecule has 0 saturated heterocycles. The Bertz CT molecular complexity index is 583. The number of methoxy groups -OCH3 is 1. The second-order valence-electron chi connectivity index (χ2n) is 4.97. The van der Waals surface area contributed by atoms with Crippen LogP contribution in [0.3, 0.4) is 0 Å². The molecule has 0 fully saturated rings. The first kappa shape index (κ1) is 14.5. The van der Waals surface area contributed by atoms with E-state index in [-0.39, 0.29) is 11.9 Å². The van der Waals surface area contributed by atoms with Crippen LogP contribution in [0.4, 0.5) is 4.39 Å². The van der Waals surface area contributed by atoms with Crippen molar-refractivity contribution in [1.29, 1.82) is 0 Å². The van der Waals surface area contributed by atoms with Gasteiger partial charge in [0.25, 0.3) is 0 Å². The average Bonchev–Trinajstić information content (AvgIpc) is 2.48. The first-order chi connectivity index (χ1) is 9.60. The van der Waals surface area contributed by atoms with Crippen molar-refractivity contribution in [3.8, 4) is 5.75 Å². The van der Waals surface area contributed by atoms with Gasteiger partial charge in [-0.1, -0.05) is 29.8 Å². The van der Waals surface area contributed by atoms with E-state index in [1.54, 1.807) is 13.2 Å². The van der Waals surface area contributed by atoms with Crippen LogP contribution in [0.15, 0.2) is 42.5 Å². The molecule has 0 saturated carbocycles. The number of hydrogen-bond acceptors (Lipinski definition) is 2. The summed E-state index contributed by atoms with van der Waals surface area (Å²) >= 11 is 0. The molecular weight excluding hydrogens is 253 g/mol. The van der Waals surface area contributed by atoms with Crippen molar-refractivity contribution < 1.29 is 9.13 Å². The van der Waals surface area contributed by atoms with Crippen molar-refractivity contribution in [3.05, 3.63) is 65.0 Å². The van der Waals surface area contributed by atoms with E-state index < -0.39 is 0 Å². The standard InChI is InChI=1S/C17H20FNO/c1-12-7-8-17(18)15(9-12)11-19-13(2)14-5-4-6-16(10-14)20-3/h4-10,13,19H,11H2,1-3H3/t13-/m1/s1. The van der Waals surface area contributed by atoms with Crippen LogP contribution < -0.4 is 10.1 Å². The number of hydrogen-bond donors (Lipinski definition) is 1. The normalized spacial score (nSPS) is 12.2. The minimum absolute atomic E-state index is 0.130. The summed E-state index contributed by atoms with van der Waals surface area (Å²) in [6, 6.07) is 13.2. The summed E-state index contributed by atoms with van der Waals surface area (Å²) in [6.07, 6.45) is 0. The molecule has 0 unspecified atom stereocenters. The van der Waals surface area contributed by atoms with E-state index in [4.69, 9.17) is 4.74 Å². The highest BCUT2D eigenvalue weighted by Crippen LogP contribution is 2.19. The van der Waals surface area contributed by atoms with Crippen molar-refractivity contribution in [2.75, 3.05) is 7.11 Å². The van der Waals surface area contributed by atoms with Gasteiger partial charge in [-0.3, -0.25) is 0 Å². The Morgan fingerprint density at radius 3 is 2.75 bits per heavy atom. The van der Waals surface area contributed by atoms with Gasteiger partial charge in [0.05, 0.1) is 7.11 Å². The lowest BCUT2D eigenvalue weighted by atomic mass is 10.1. The monoisotopic (exact) mass is 273 g/mol. The molecule has 1 N–H and O–H groups in total. The minimum Gasteiger partial charge on any atom is -0.497 e. The van der Waals surface area contributed by atoms with Crippen molar-refractivity contribution in [3.63, 3.8) is 0 Å². The Balaban J connectivity index is 2.04. The number of ether oxygens (including phenoxy) is 1. The number of halogens is 1. The summed E-state index contributed by atoms with van der Waals surface area (Å²) in [5, 5.41) is 3.34. The molecule has 0 heterocycles. The third kappa shape index (κ3) is 3.58. The first-order valence-corrected chi connectivity index (χ1v) is 6.72. The molecular formula is C17H20FNO. The Hall–Kier alpha value is -1.87. The lowest BCUT2D eigenvalue weighted by Gasteiger charge is -2.15. The van der Waals surface area contributed by atoms with E-state index in [1.165, 1.54) is 6.07 Å². The van der Waals surface area contributed by atoms with Crippen LogP contribution >= 0.6 is 0 Å². The average molecular weight is 273 g/mol. The molecule has 2 rings (SSSR count). The van der Waals surface area contributed by atoms with Gasteiger partial charge in [-0.05, 0) is 37.6 Å². The molecule has 106 valence electrons. The maximum absolute atomic E-state index is 13.7. The Kier molecular flexibility index (Phi) is 4.74. The van der Waals surface area contributed by atoms with E-state index >= 15 is 0 Å². The van der Waals surface area contributed by atoms with Crippen LogP contribution in [-0.2, 0) is 6.54 Å². The molecule has 3 heteroatoms. The van der Waals surface area contributed by atoms with Gasteiger partial charge in [0, 0.05) is 18.2 Å². The Morgan fingerprint density at radius 2 is 2.00 bits per heavy atom. The second kappa shape index (κ2) is 6.53. The topological polar surface area (TPSA) is 21.3 Å². The Morgan fingerprint density at radius 1 is 1.20 bits per heavy atom. The lowest BCUT2D eigenvalue weighted by Crippen LogP contribution is -2.18. The third-order valence-corrected chi connectivity index (χ3v) is 3.39. The van der Waals surface area contributed by atoms with Crippen molar-refractivity contribution >= 4 is 0 Å². The van der Waals surface area contributed by atoms with Crippen molar-refractivity contribution in [2.24, 2.45) is 0 Å². The fourth-order valence-corrected chi connectivity index (χ4v) is 2.13. The Labute approximate surface area is 119 Å². The summed E-state index contributed by atoms with van der Waals surface area (Å²) in [4.78, 5) is 0. The van der Waals surface area contributed by atoms with E-state index in [1.807, 2.05) is 37.3 Å². The second-order valence-corrected chi connectivity index (χ2v) is 4.97. The molecule has 0 bridgehead atoms. The molecule has 0 aliphatic carbocycles. The highest BCUT2D eigenvalue weighted by Gasteiger charge is 2.08. The van der Waals surface area contributed by atoms with Gasteiger partial charge >= 0.3 is 0 Å². The van der Waals surface area contributed by atoms with Gasteiger partial charge in [0.15, 0.2) is 0 Å². The molecule has 0 radical (unpaired) electrons. The summed E-state index contributed by atoms with van der Waals surface area (Å²) in [5.41, 5.74) is 2.88. The summed E-state index contributed by atoms with van der Waals surface area (Å²) in [6.45, 7) is 4.53. The summed E-state index contributed by atoms with van der Waals surface area (Å²) < 4.78 is 18.9. The van der Waals surface area contributed by atoms with Gasteiger partial charge in [-0.15, -0.1) is 0 Å². The van der Waals surface area contributed by atoms with Gasteiger partial charge in [-0.2, -0.15) is 0 Å². The van der Waals surface area contributed by atoms with Crippen LogP contribution in [0.2, 0.25) is 0 Å². The number of nitrogens with one attached hydrogen (secondary N) is 1. The molecule has 1 atom stereocenters. The van der Waals surface area contributed by atoms with Gasteiger partial charge in [-0.25, -0.2) is 4.39 Å². The van der Waals surface area contributed by atoms with Crippen LogP contribution in [0, 0.1) is 12.7 Å². The highest BCUT2D eigenvalue weighted by atomic mass is 19.1. The first-order valence-electron chi connectivity index (χ1n) is 6.72. The van der Waals surface area contributed by atoms with Crippen LogP contribution in [0.1, 0.15) is 29.7 Å². The van der Waals surface area contributed by atoms with Gasteiger partial charge < -0.3 is 10.1 Å². The fraction of sp³-hybridized carbons (Fsp3) is 0.294. The molecule has 2 aromatic rings. The molecule has 0 aromatic heterocycles. The van der Waals surface area contributed by atoms with E-state index in [2.05, 4.69) is 12.2 Å². The zero-order chi connectivity index (χ0) is 14.5. The smallest absolute Gasteiger partial charge is 0.127 e. The number of aryl methyl sites for hydroxylation is 1. The predicted molar refractivity (Wildman–Crippen MR) is 79.4 cm³/mol. The largest absolute Gasteiger partial charge is 0.497 e. The molecule has 0 amide bonds. The quantitative estimate of drug-likeness (QED) is 0.889. The highest BCUT2D eigenvalue weighted by molar-refractivity contribution is 5.30. The lowest BCUT2D eigenvalue weighted by molar-refractivity contribution is 0.413. The maximum atomic E-state index is 13.7. The molecule has 0 aliphatic rings. The minimum atomic E-state index is -0.166. The van der Waals surface area contributed by atoms with E-state index in [0.29, 0.717) is 12.1 Å². The SMILES string of the molecule is COc1cccc([C@@H](C)NCc2cc(C)ccc2F)c1. The van der Waals surface area contributed by atoms with Crippen molar-refractivity contribution in [2.45, 2.75) is 26.4 Å². The summed E-state index contributed by atoms with van der Waals surface area (Å²) in [5.74, 6) is 0.666. The van der Waals surface area contributed by atoms with Crippen molar-refractivity contribution in [1.82, 2.24) is 5.32 Å². The van der Waals surface area contributed by atoms with E-state index in [9.17, 15) is 4.39 Å². The molecule has 0 spiro atoms. The van der Waals surface area contributed by atoms with Crippen LogP contribution in [0.25, 0.3) is 0 Å². The molecule has 0 aliphatic heterocycles. The van der Waals surface area contributed by atoms with Crippen LogP contribution in [0.5, 0.6) is 5.75 Å². The van der Waals surface area contributed by atoms with Crippen LogP contribution in [-0.4, -0.2) is 7.11 Å². The van der Waals surface area contributed by atoms with Gasteiger partial charge in [0.1, 0.15) is 11.6 Å².